The Balaban J connectivity index is 1.87. The van der Waals surface area contributed by atoms with Gasteiger partial charge in [-0.05, 0) is 36.3 Å². The lowest BCUT2D eigenvalue weighted by molar-refractivity contribution is -0.140. The number of hydrogen-bond acceptors (Lipinski definition) is 3. The van der Waals surface area contributed by atoms with Gasteiger partial charge in [-0.25, -0.2) is 4.79 Å². The van der Waals surface area contributed by atoms with Crippen molar-refractivity contribution in [3.05, 3.63) is 82.0 Å². The number of rotatable bonds is 4. The lowest BCUT2D eigenvalue weighted by Gasteiger charge is -2.30. The van der Waals surface area contributed by atoms with E-state index in [0.717, 1.165) is 11.1 Å². The number of hydrogen-bond donors (Lipinski definition) is 2. The van der Waals surface area contributed by atoms with E-state index >= 15 is 0 Å². The molecule has 0 aromatic heterocycles. The molecule has 0 aliphatic carbocycles. The van der Waals surface area contributed by atoms with Gasteiger partial charge in [-0.15, -0.1) is 0 Å². The van der Waals surface area contributed by atoms with E-state index in [1.807, 2.05) is 48.5 Å². The Morgan fingerprint density at radius 1 is 1.16 bits per heavy atom. The summed E-state index contributed by atoms with van der Waals surface area (Å²) in [6.45, 7) is 2.01. The van der Waals surface area contributed by atoms with E-state index in [9.17, 15) is 4.79 Å². The highest BCUT2D eigenvalue weighted by Crippen LogP contribution is 2.32. The number of carbonyl (C=O) groups excluding carboxylic acids is 1. The molecule has 1 aliphatic heterocycles. The molecule has 1 heterocycles. The number of carbonyl (C=O) groups is 1. The zero-order valence-electron chi connectivity index (χ0n) is 13.6. The molecule has 4 nitrogen and oxygen atoms in total. The number of halogens is 1. The fourth-order valence-electron chi connectivity index (χ4n) is 2.71. The molecule has 0 spiro atoms. The van der Waals surface area contributed by atoms with Gasteiger partial charge in [0, 0.05) is 10.7 Å². The summed E-state index contributed by atoms with van der Waals surface area (Å²) in [5, 5.41) is 7.10. The van der Waals surface area contributed by atoms with Crippen molar-refractivity contribution in [2.24, 2.45) is 0 Å². The molecule has 0 amide bonds. The number of allylic oxidation sites excluding steroid dienone is 1. The van der Waals surface area contributed by atoms with Crippen molar-refractivity contribution in [1.29, 1.82) is 0 Å². The molecule has 25 heavy (non-hydrogen) atoms. The normalized spacial score (nSPS) is 16.9. The predicted octanol–water partition coefficient (Wildman–Crippen LogP) is 3.88. The third-order valence-corrected chi connectivity index (χ3v) is 4.48. The summed E-state index contributed by atoms with van der Waals surface area (Å²) in [7, 11) is 0. The first kappa shape index (κ1) is 17.5. The van der Waals surface area contributed by atoms with E-state index in [1.165, 1.54) is 0 Å². The van der Waals surface area contributed by atoms with Crippen LogP contribution in [0.1, 0.15) is 24.1 Å². The maximum absolute atomic E-state index is 12.7. The Morgan fingerprint density at radius 3 is 2.56 bits per heavy atom. The standard InChI is InChI=1S/C19H17ClN2O2S/c1-12-16(18(23)24-11-13-7-3-2-4-8-13)17(22-19(25)21-12)14-9-5-6-10-15(14)20/h2-10,17H,11H2,1H3,(H2,21,22,25)/t17-/m1/s1. The highest BCUT2D eigenvalue weighted by Gasteiger charge is 2.32. The molecule has 0 unspecified atom stereocenters. The van der Waals surface area contributed by atoms with Crippen LogP contribution >= 0.6 is 23.8 Å². The molecule has 1 aliphatic rings. The first-order valence-electron chi connectivity index (χ1n) is 7.80. The molecule has 1 atom stereocenters. The second kappa shape index (κ2) is 7.68. The summed E-state index contributed by atoms with van der Waals surface area (Å²) in [6, 6.07) is 16.5. The molecule has 2 aromatic carbocycles. The van der Waals surface area contributed by atoms with Crippen LogP contribution < -0.4 is 10.6 Å². The molecule has 3 rings (SSSR count). The average Bonchev–Trinajstić information content (AvgIpc) is 2.60. The van der Waals surface area contributed by atoms with E-state index in [-0.39, 0.29) is 6.61 Å². The Morgan fingerprint density at radius 2 is 1.84 bits per heavy atom. The van der Waals surface area contributed by atoms with Gasteiger partial charge in [0.25, 0.3) is 0 Å². The van der Waals surface area contributed by atoms with Gasteiger partial charge in [0.05, 0.1) is 11.6 Å². The van der Waals surface area contributed by atoms with Crippen LogP contribution in [-0.4, -0.2) is 11.1 Å². The van der Waals surface area contributed by atoms with Gasteiger partial charge < -0.3 is 15.4 Å². The second-order valence-electron chi connectivity index (χ2n) is 5.65. The maximum atomic E-state index is 12.7. The zero-order chi connectivity index (χ0) is 17.8. The number of benzene rings is 2. The van der Waals surface area contributed by atoms with Crippen LogP contribution in [0.25, 0.3) is 0 Å². The monoisotopic (exact) mass is 372 g/mol. The van der Waals surface area contributed by atoms with Crippen LogP contribution in [0.5, 0.6) is 0 Å². The minimum atomic E-state index is -0.453. The largest absolute Gasteiger partial charge is 0.457 e. The minimum absolute atomic E-state index is 0.205. The molecule has 0 saturated heterocycles. The highest BCUT2D eigenvalue weighted by molar-refractivity contribution is 7.80. The van der Waals surface area contributed by atoms with Crippen molar-refractivity contribution in [3.8, 4) is 0 Å². The fraction of sp³-hybridized carbons (Fsp3) is 0.158. The SMILES string of the molecule is CC1=C(C(=O)OCc2ccccc2)[C@@H](c2ccccc2Cl)NC(=S)N1. The van der Waals surface area contributed by atoms with Crippen LogP contribution in [0, 0.1) is 0 Å². The van der Waals surface area contributed by atoms with Crippen LogP contribution in [-0.2, 0) is 16.1 Å². The minimum Gasteiger partial charge on any atom is -0.457 e. The molecule has 2 aromatic rings. The lowest BCUT2D eigenvalue weighted by Crippen LogP contribution is -2.45. The number of nitrogens with one attached hydrogen (secondary N) is 2. The smallest absolute Gasteiger partial charge is 0.338 e. The Hall–Kier alpha value is -2.37. The fourth-order valence-corrected chi connectivity index (χ4v) is 3.22. The summed E-state index contributed by atoms with van der Waals surface area (Å²) in [6.07, 6.45) is 0. The van der Waals surface area contributed by atoms with E-state index in [1.54, 1.807) is 13.0 Å². The summed E-state index contributed by atoms with van der Waals surface area (Å²) in [4.78, 5) is 12.7. The predicted molar refractivity (Wildman–Crippen MR) is 102 cm³/mol. The van der Waals surface area contributed by atoms with Crippen LogP contribution in [0.4, 0.5) is 0 Å². The molecule has 6 heteroatoms. The summed E-state index contributed by atoms with van der Waals surface area (Å²) in [5.41, 5.74) is 2.83. The third kappa shape index (κ3) is 4.00. The van der Waals surface area contributed by atoms with Gasteiger partial charge in [-0.1, -0.05) is 60.1 Å². The van der Waals surface area contributed by atoms with Gasteiger partial charge in [0.2, 0.25) is 0 Å². The van der Waals surface area contributed by atoms with Crippen molar-refractivity contribution >= 4 is 34.9 Å². The summed E-state index contributed by atoms with van der Waals surface area (Å²) in [5.74, 6) is -0.409. The zero-order valence-corrected chi connectivity index (χ0v) is 15.2. The Bertz CT molecular complexity index is 836. The van der Waals surface area contributed by atoms with E-state index in [4.69, 9.17) is 28.6 Å². The van der Waals surface area contributed by atoms with Gasteiger partial charge in [-0.3, -0.25) is 0 Å². The highest BCUT2D eigenvalue weighted by atomic mass is 35.5. The first-order chi connectivity index (χ1) is 12.1. The summed E-state index contributed by atoms with van der Waals surface area (Å²) < 4.78 is 5.50. The topological polar surface area (TPSA) is 50.4 Å². The van der Waals surface area contributed by atoms with Crippen LogP contribution in [0.2, 0.25) is 5.02 Å². The Labute approximate surface area is 156 Å². The molecule has 0 fully saturated rings. The first-order valence-corrected chi connectivity index (χ1v) is 8.58. The quantitative estimate of drug-likeness (QED) is 0.630. The molecule has 0 saturated carbocycles. The van der Waals surface area contributed by atoms with Crippen molar-refractivity contribution in [2.75, 3.05) is 0 Å². The summed E-state index contributed by atoms with van der Waals surface area (Å²) >= 11 is 11.5. The molecule has 2 N–H and O–H groups in total. The second-order valence-corrected chi connectivity index (χ2v) is 6.47. The average molecular weight is 373 g/mol. The molecule has 0 bridgehead atoms. The van der Waals surface area contributed by atoms with Gasteiger partial charge in [0.1, 0.15) is 6.61 Å². The molecule has 0 radical (unpaired) electrons. The Kier molecular flexibility index (Phi) is 5.36. The number of thiocarbonyl (C=S) groups is 1. The maximum Gasteiger partial charge on any atom is 0.338 e. The molecular weight excluding hydrogens is 356 g/mol. The van der Waals surface area contributed by atoms with Crippen molar-refractivity contribution in [3.63, 3.8) is 0 Å². The van der Waals surface area contributed by atoms with E-state index < -0.39 is 12.0 Å². The van der Waals surface area contributed by atoms with Crippen molar-refractivity contribution in [2.45, 2.75) is 19.6 Å². The van der Waals surface area contributed by atoms with Crippen molar-refractivity contribution in [1.82, 2.24) is 10.6 Å². The van der Waals surface area contributed by atoms with Crippen LogP contribution in [0.3, 0.4) is 0 Å². The molecule has 128 valence electrons. The van der Waals surface area contributed by atoms with Crippen molar-refractivity contribution < 1.29 is 9.53 Å². The van der Waals surface area contributed by atoms with Gasteiger partial charge >= 0.3 is 5.97 Å². The van der Waals surface area contributed by atoms with E-state index in [2.05, 4.69) is 10.6 Å². The van der Waals surface area contributed by atoms with Gasteiger partial charge in [-0.2, -0.15) is 0 Å². The van der Waals surface area contributed by atoms with Crippen LogP contribution in [0.15, 0.2) is 65.9 Å². The van der Waals surface area contributed by atoms with Gasteiger partial charge in [0.15, 0.2) is 5.11 Å². The lowest BCUT2D eigenvalue weighted by atomic mass is 9.95. The molecular formula is C19H17ClN2O2S. The third-order valence-electron chi connectivity index (χ3n) is 3.92. The number of esters is 1. The number of ether oxygens (including phenoxy) is 1. The van der Waals surface area contributed by atoms with E-state index in [0.29, 0.717) is 21.4 Å².